The molecule has 0 radical (unpaired) electrons. The smallest absolute Gasteiger partial charge is 0.317 e. The highest BCUT2D eigenvalue weighted by molar-refractivity contribution is 5.75. The van der Waals surface area contributed by atoms with Crippen molar-refractivity contribution in [1.82, 2.24) is 15.1 Å². The minimum Gasteiger partial charge on any atom is -0.338 e. The zero-order chi connectivity index (χ0) is 13.9. The third-order valence-electron chi connectivity index (χ3n) is 4.35. The number of amides is 2. The average molecular weight is 273 g/mol. The van der Waals surface area contributed by atoms with Crippen LogP contribution >= 0.6 is 0 Å². The number of fused-ring (bicyclic) bond motifs is 1. The van der Waals surface area contributed by atoms with Crippen LogP contribution in [0.2, 0.25) is 0 Å². The molecular weight excluding hydrogens is 250 g/mol. The highest BCUT2D eigenvalue weighted by Crippen LogP contribution is 2.24. The summed E-state index contributed by atoms with van der Waals surface area (Å²) < 4.78 is 0. The van der Waals surface area contributed by atoms with Gasteiger partial charge in [-0.05, 0) is 24.0 Å². The summed E-state index contributed by atoms with van der Waals surface area (Å²) in [4.78, 5) is 16.2. The molecular formula is C16H23N3O. The molecule has 1 aromatic rings. The Labute approximate surface area is 120 Å². The minimum absolute atomic E-state index is 0.0977. The van der Waals surface area contributed by atoms with E-state index in [-0.39, 0.29) is 6.03 Å². The van der Waals surface area contributed by atoms with E-state index in [0.717, 1.165) is 45.6 Å². The molecule has 2 aliphatic heterocycles. The molecule has 0 spiro atoms. The molecule has 2 aliphatic rings. The molecule has 0 aliphatic carbocycles. The van der Waals surface area contributed by atoms with Gasteiger partial charge in [-0.3, -0.25) is 4.90 Å². The zero-order valence-electron chi connectivity index (χ0n) is 12.1. The second-order valence-electron chi connectivity index (χ2n) is 5.78. The molecule has 0 saturated carbocycles. The number of rotatable bonds is 3. The van der Waals surface area contributed by atoms with E-state index in [1.165, 1.54) is 11.1 Å². The maximum absolute atomic E-state index is 11.8. The van der Waals surface area contributed by atoms with E-state index in [1.807, 2.05) is 4.90 Å². The molecule has 1 N–H and O–H groups in total. The summed E-state index contributed by atoms with van der Waals surface area (Å²) in [7, 11) is 0. The molecule has 4 heteroatoms. The molecule has 2 heterocycles. The van der Waals surface area contributed by atoms with Crippen molar-refractivity contribution in [2.45, 2.75) is 32.4 Å². The van der Waals surface area contributed by atoms with Crippen molar-refractivity contribution < 1.29 is 4.79 Å². The van der Waals surface area contributed by atoms with Crippen LogP contribution in [0.4, 0.5) is 4.79 Å². The molecule has 4 nitrogen and oxygen atoms in total. The lowest BCUT2D eigenvalue weighted by molar-refractivity contribution is 0.0484. The van der Waals surface area contributed by atoms with Crippen LogP contribution in [0.1, 0.15) is 24.5 Å². The lowest BCUT2D eigenvalue weighted by Gasteiger charge is -2.46. The zero-order valence-corrected chi connectivity index (χ0v) is 12.1. The summed E-state index contributed by atoms with van der Waals surface area (Å²) in [6.07, 6.45) is 2.13. The van der Waals surface area contributed by atoms with Gasteiger partial charge in [0, 0.05) is 38.8 Å². The highest BCUT2D eigenvalue weighted by atomic mass is 16.2. The minimum atomic E-state index is 0.0977. The van der Waals surface area contributed by atoms with Gasteiger partial charge in [0.2, 0.25) is 0 Å². The Morgan fingerprint density at radius 3 is 2.80 bits per heavy atom. The van der Waals surface area contributed by atoms with Gasteiger partial charge in [0.25, 0.3) is 0 Å². The molecule has 20 heavy (non-hydrogen) atoms. The first-order chi connectivity index (χ1) is 9.78. The summed E-state index contributed by atoms with van der Waals surface area (Å²) in [6.45, 7) is 6.74. The topological polar surface area (TPSA) is 35.6 Å². The van der Waals surface area contributed by atoms with E-state index < -0.39 is 0 Å². The quantitative estimate of drug-likeness (QED) is 0.912. The number of carbonyl (C=O) groups excluding carboxylic acids is 1. The Morgan fingerprint density at radius 2 is 2.05 bits per heavy atom. The van der Waals surface area contributed by atoms with Gasteiger partial charge in [0.15, 0.2) is 0 Å². The molecule has 1 aromatic carbocycles. The van der Waals surface area contributed by atoms with Gasteiger partial charge in [0.1, 0.15) is 0 Å². The highest BCUT2D eigenvalue weighted by Gasteiger charge is 2.35. The number of benzene rings is 1. The fraction of sp³-hybridized carbons (Fsp3) is 0.562. The van der Waals surface area contributed by atoms with E-state index in [1.54, 1.807) is 0 Å². The van der Waals surface area contributed by atoms with E-state index in [2.05, 4.69) is 41.4 Å². The molecule has 0 aromatic heterocycles. The van der Waals surface area contributed by atoms with Crippen LogP contribution in [0.15, 0.2) is 24.3 Å². The third kappa shape index (κ3) is 2.66. The number of nitrogens with one attached hydrogen (secondary N) is 1. The van der Waals surface area contributed by atoms with Crippen molar-refractivity contribution in [3.05, 3.63) is 35.4 Å². The maximum Gasteiger partial charge on any atom is 0.317 e. The predicted octanol–water partition coefficient (Wildman–Crippen LogP) is 1.85. The van der Waals surface area contributed by atoms with Gasteiger partial charge < -0.3 is 10.2 Å². The molecule has 1 fully saturated rings. The Hall–Kier alpha value is -1.55. The average Bonchev–Trinajstić information content (AvgIpc) is 2.43. The summed E-state index contributed by atoms with van der Waals surface area (Å²) >= 11 is 0. The number of nitrogens with zero attached hydrogens (tertiary/aromatic N) is 2. The second-order valence-corrected chi connectivity index (χ2v) is 5.78. The number of urea groups is 1. The normalized spacial score (nSPS) is 19.4. The molecule has 108 valence electrons. The SMILES string of the molecule is CCCNC(=O)N1CC(N2CCc3ccccc3C2)C1. The van der Waals surface area contributed by atoms with E-state index in [9.17, 15) is 4.79 Å². The van der Waals surface area contributed by atoms with Crippen molar-refractivity contribution in [2.75, 3.05) is 26.2 Å². The van der Waals surface area contributed by atoms with E-state index in [4.69, 9.17) is 0 Å². The van der Waals surface area contributed by atoms with Crippen molar-refractivity contribution in [1.29, 1.82) is 0 Å². The van der Waals surface area contributed by atoms with Gasteiger partial charge in [-0.25, -0.2) is 4.79 Å². The molecule has 0 bridgehead atoms. The predicted molar refractivity (Wildman–Crippen MR) is 79.6 cm³/mol. The number of carbonyl (C=O) groups is 1. The van der Waals surface area contributed by atoms with Crippen molar-refractivity contribution in [3.63, 3.8) is 0 Å². The number of hydrogen-bond donors (Lipinski definition) is 1. The van der Waals surface area contributed by atoms with Crippen LogP contribution < -0.4 is 5.32 Å². The van der Waals surface area contributed by atoms with Gasteiger partial charge in [-0.1, -0.05) is 31.2 Å². The monoisotopic (exact) mass is 273 g/mol. The van der Waals surface area contributed by atoms with Crippen LogP contribution in [0, 0.1) is 0 Å². The van der Waals surface area contributed by atoms with Crippen molar-refractivity contribution in [3.8, 4) is 0 Å². The van der Waals surface area contributed by atoms with Gasteiger partial charge in [0.05, 0.1) is 0 Å². The Morgan fingerprint density at radius 1 is 1.30 bits per heavy atom. The fourth-order valence-corrected chi connectivity index (χ4v) is 3.03. The lowest BCUT2D eigenvalue weighted by Crippen LogP contribution is -2.63. The van der Waals surface area contributed by atoms with Crippen LogP contribution in [0.3, 0.4) is 0 Å². The summed E-state index contributed by atoms with van der Waals surface area (Å²) in [5, 5.41) is 2.94. The standard InChI is InChI=1S/C16H23N3O/c1-2-8-17-16(20)19-11-15(12-19)18-9-7-13-5-3-4-6-14(13)10-18/h3-6,15H,2,7-12H2,1H3,(H,17,20). The largest absolute Gasteiger partial charge is 0.338 e. The van der Waals surface area contributed by atoms with Crippen LogP contribution in [0.5, 0.6) is 0 Å². The molecule has 1 saturated heterocycles. The molecule has 3 rings (SSSR count). The van der Waals surface area contributed by atoms with Crippen LogP contribution in [-0.4, -0.2) is 48.1 Å². The molecule has 0 unspecified atom stereocenters. The van der Waals surface area contributed by atoms with Crippen LogP contribution in [0.25, 0.3) is 0 Å². The maximum atomic E-state index is 11.8. The third-order valence-corrected chi connectivity index (χ3v) is 4.35. The summed E-state index contributed by atoms with van der Waals surface area (Å²) in [5.74, 6) is 0. The number of hydrogen-bond acceptors (Lipinski definition) is 2. The van der Waals surface area contributed by atoms with E-state index in [0.29, 0.717) is 6.04 Å². The lowest BCUT2D eigenvalue weighted by atomic mass is 9.97. The fourth-order valence-electron chi connectivity index (χ4n) is 3.03. The van der Waals surface area contributed by atoms with Crippen molar-refractivity contribution >= 4 is 6.03 Å². The second kappa shape index (κ2) is 5.83. The van der Waals surface area contributed by atoms with Gasteiger partial charge in [-0.2, -0.15) is 0 Å². The van der Waals surface area contributed by atoms with Crippen molar-refractivity contribution in [2.24, 2.45) is 0 Å². The van der Waals surface area contributed by atoms with Crippen LogP contribution in [-0.2, 0) is 13.0 Å². The summed E-state index contributed by atoms with van der Waals surface area (Å²) in [5.41, 5.74) is 2.94. The molecule has 2 amide bonds. The number of likely N-dealkylation sites (tertiary alicyclic amines) is 1. The first kappa shape index (κ1) is 13.4. The Bertz CT molecular complexity index is 482. The van der Waals surface area contributed by atoms with Gasteiger partial charge >= 0.3 is 6.03 Å². The molecule has 0 atom stereocenters. The van der Waals surface area contributed by atoms with Gasteiger partial charge in [-0.15, -0.1) is 0 Å². The Balaban J connectivity index is 1.50. The Kier molecular flexibility index (Phi) is 3.92. The van der Waals surface area contributed by atoms with E-state index >= 15 is 0 Å². The first-order valence-electron chi connectivity index (χ1n) is 7.61. The summed E-state index contributed by atoms with van der Waals surface area (Å²) in [6, 6.07) is 9.34. The first-order valence-corrected chi connectivity index (χ1v) is 7.61.